The van der Waals surface area contributed by atoms with E-state index < -0.39 is 0 Å². The molecule has 0 radical (unpaired) electrons. The van der Waals surface area contributed by atoms with Gasteiger partial charge >= 0.3 is 0 Å². The van der Waals surface area contributed by atoms with Crippen LogP contribution < -0.4 is 0 Å². The molecular weight excluding hydrogens is 262 g/mol. The van der Waals surface area contributed by atoms with Crippen LogP contribution in [0, 0.1) is 23.7 Å². The smallest absolute Gasteiger partial charge is 0.225 e. The second kappa shape index (κ2) is 5.09. The second-order valence-corrected chi connectivity index (χ2v) is 7.10. The number of aromatic nitrogens is 1. The lowest BCUT2D eigenvalue weighted by Crippen LogP contribution is -2.34. The number of fused-ring (bicyclic) bond motifs is 1. The summed E-state index contributed by atoms with van der Waals surface area (Å²) in [6.07, 6.45) is 2.97. The predicted molar refractivity (Wildman–Crippen MR) is 80.3 cm³/mol. The molecule has 1 aromatic rings. The van der Waals surface area contributed by atoms with Crippen molar-refractivity contribution < 1.29 is 4.79 Å². The highest BCUT2D eigenvalue weighted by Gasteiger charge is 2.47. The SMILES string of the molecule is C[C@H]1C[C@H]1C(=O)N1C[C@H]2CN(Cc3ccccn3)C[C@H]2C1. The summed E-state index contributed by atoms with van der Waals surface area (Å²) in [4.78, 5) is 21.4. The molecule has 1 saturated carbocycles. The van der Waals surface area contributed by atoms with Gasteiger partial charge in [0, 0.05) is 44.8 Å². The van der Waals surface area contributed by atoms with Crippen molar-refractivity contribution in [3.8, 4) is 0 Å². The first kappa shape index (κ1) is 13.3. The van der Waals surface area contributed by atoms with E-state index in [0.717, 1.165) is 44.8 Å². The molecule has 1 aromatic heterocycles. The van der Waals surface area contributed by atoms with Crippen LogP contribution in [0.2, 0.25) is 0 Å². The van der Waals surface area contributed by atoms with Gasteiger partial charge in [0.15, 0.2) is 0 Å². The molecule has 4 heteroatoms. The van der Waals surface area contributed by atoms with E-state index in [0.29, 0.717) is 29.6 Å². The van der Waals surface area contributed by atoms with Gasteiger partial charge in [-0.25, -0.2) is 0 Å². The number of carbonyl (C=O) groups is 1. The summed E-state index contributed by atoms with van der Waals surface area (Å²) in [6.45, 7) is 7.32. The van der Waals surface area contributed by atoms with Crippen molar-refractivity contribution >= 4 is 5.91 Å². The van der Waals surface area contributed by atoms with Gasteiger partial charge in [-0.2, -0.15) is 0 Å². The standard InChI is InChI=1S/C17H23N3O/c1-12-6-16(12)17(21)20-9-13-7-19(8-14(13)10-20)11-15-4-2-3-5-18-15/h2-5,12-14,16H,6-11H2,1H3/t12-,13-,14+,16+/m0/s1. The van der Waals surface area contributed by atoms with E-state index in [4.69, 9.17) is 0 Å². The number of amides is 1. The summed E-state index contributed by atoms with van der Waals surface area (Å²) in [7, 11) is 0. The van der Waals surface area contributed by atoms with Gasteiger partial charge < -0.3 is 4.90 Å². The minimum atomic E-state index is 0.341. The summed E-state index contributed by atoms with van der Waals surface area (Å²) in [5.74, 6) is 2.73. The van der Waals surface area contributed by atoms with Crippen LogP contribution in [-0.4, -0.2) is 46.9 Å². The summed E-state index contributed by atoms with van der Waals surface area (Å²) in [5.41, 5.74) is 1.15. The first-order valence-electron chi connectivity index (χ1n) is 8.12. The maximum Gasteiger partial charge on any atom is 0.225 e. The number of hydrogen-bond acceptors (Lipinski definition) is 3. The van der Waals surface area contributed by atoms with Crippen LogP contribution >= 0.6 is 0 Å². The van der Waals surface area contributed by atoms with Crippen LogP contribution in [0.5, 0.6) is 0 Å². The molecule has 0 unspecified atom stereocenters. The van der Waals surface area contributed by atoms with Crippen LogP contribution in [0.25, 0.3) is 0 Å². The Bertz CT molecular complexity index is 518. The molecule has 3 heterocycles. The number of likely N-dealkylation sites (tertiary alicyclic amines) is 2. The third-order valence-corrected chi connectivity index (χ3v) is 5.41. The Balaban J connectivity index is 1.32. The molecule has 4 atom stereocenters. The van der Waals surface area contributed by atoms with Crippen LogP contribution in [-0.2, 0) is 11.3 Å². The number of pyridine rings is 1. The molecule has 21 heavy (non-hydrogen) atoms. The monoisotopic (exact) mass is 285 g/mol. The van der Waals surface area contributed by atoms with Gasteiger partial charge in [0.25, 0.3) is 0 Å². The Hall–Kier alpha value is -1.42. The summed E-state index contributed by atoms with van der Waals surface area (Å²) >= 11 is 0. The van der Waals surface area contributed by atoms with E-state index in [2.05, 4.69) is 33.8 Å². The molecule has 112 valence electrons. The normalized spacial score (nSPS) is 35.0. The molecule has 0 aromatic carbocycles. The van der Waals surface area contributed by atoms with Gasteiger partial charge in [-0.15, -0.1) is 0 Å². The molecule has 2 aliphatic heterocycles. The highest BCUT2D eigenvalue weighted by Crippen LogP contribution is 2.41. The fraction of sp³-hybridized carbons (Fsp3) is 0.647. The fourth-order valence-electron chi connectivity index (χ4n) is 4.02. The molecule has 3 aliphatic rings. The maximum absolute atomic E-state index is 12.3. The summed E-state index contributed by atoms with van der Waals surface area (Å²) in [5, 5.41) is 0. The average molecular weight is 285 g/mol. The zero-order valence-electron chi connectivity index (χ0n) is 12.6. The van der Waals surface area contributed by atoms with Gasteiger partial charge in [0.05, 0.1) is 5.69 Å². The lowest BCUT2D eigenvalue weighted by atomic mass is 10.0. The molecule has 0 bridgehead atoms. The molecule has 2 saturated heterocycles. The Kier molecular flexibility index (Phi) is 3.21. The van der Waals surface area contributed by atoms with Crippen molar-refractivity contribution in [3.63, 3.8) is 0 Å². The maximum atomic E-state index is 12.3. The van der Waals surface area contributed by atoms with Crippen molar-refractivity contribution in [2.45, 2.75) is 19.9 Å². The Morgan fingerprint density at radius 3 is 2.52 bits per heavy atom. The molecule has 1 aliphatic carbocycles. The number of carbonyl (C=O) groups excluding carboxylic acids is 1. The van der Waals surface area contributed by atoms with E-state index in [1.54, 1.807) is 0 Å². The van der Waals surface area contributed by atoms with Crippen molar-refractivity contribution in [1.29, 1.82) is 0 Å². The van der Waals surface area contributed by atoms with Crippen LogP contribution in [0.15, 0.2) is 24.4 Å². The summed E-state index contributed by atoms with van der Waals surface area (Å²) < 4.78 is 0. The van der Waals surface area contributed by atoms with Gasteiger partial charge in [0.1, 0.15) is 0 Å². The minimum absolute atomic E-state index is 0.341. The van der Waals surface area contributed by atoms with E-state index in [9.17, 15) is 4.79 Å². The van der Waals surface area contributed by atoms with Gasteiger partial charge in [0.2, 0.25) is 5.91 Å². The van der Waals surface area contributed by atoms with Crippen molar-refractivity contribution in [1.82, 2.24) is 14.8 Å². The summed E-state index contributed by atoms with van der Waals surface area (Å²) in [6, 6.07) is 6.11. The minimum Gasteiger partial charge on any atom is -0.342 e. The largest absolute Gasteiger partial charge is 0.342 e. The molecule has 0 N–H and O–H groups in total. The quantitative estimate of drug-likeness (QED) is 0.847. The first-order chi connectivity index (χ1) is 10.2. The Labute approximate surface area is 126 Å². The van der Waals surface area contributed by atoms with E-state index >= 15 is 0 Å². The third-order valence-electron chi connectivity index (χ3n) is 5.41. The molecule has 4 rings (SSSR count). The lowest BCUT2D eigenvalue weighted by molar-refractivity contribution is -0.132. The topological polar surface area (TPSA) is 36.4 Å². The van der Waals surface area contributed by atoms with E-state index in [-0.39, 0.29) is 0 Å². The first-order valence-corrected chi connectivity index (χ1v) is 8.12. The van der Waals surface area contributed by atoms with Gasteiger partial charge in [-0.1, -0.05) is 13.0 Å². The molecule has 4 nitrogen and oxygen atoms in total. The molecule has 3 fully saturated rings. The highest BCUT2D eigenvalue weighted by molar-refractivity contribution is 5.81. The zero-order valence-corrected chi connectivity index (χ0v) is 12.6. The molecule has 1 amide bonds. The van der Waals surface area contributed by atoms with Gasteiger partial charge in [-0.05, 0) is 36.3 Å². The number of rotatable bonds is 3. The van der Waals surface area contributed by atoms with E-state index in [1.807, 2.05) is 12.3 Å². The van der Waals surface area contributed by atoms with Crippen LogP contribution in [0.3, 0.4) is 0 Å². The van der Waals surface area contributed by atoms with Gasteiger partial charge in [-0.3, -0.25) is 14.7 Å². The lowest BCUT2D eigenvalue weighted by Gasteiger charge is -2.21. The fourth-order valence-corrected chi connectivity index (χ4v) is 4.02. The van der Waals surface area contributed by atoms with E-state index in [1.165, 1.54) is 0 Å². The predicted octanol–water partition coefficient (Wildman–Crippen LogP) is 1.63. The van der Waals surface area contributed by atoms with Crippen LogP contribution in [0.4, 0.5) is 0 Å². The Morgan fingerprint density at radius 1 is 1.24 bits per heavy atom. The number of nitrogens with zero attached hydrogens (tertiary/aromatic N) is 3. The average Bonchev–Trinajstić information content (AvgIpc) is 2.90. The van der Waals surface area contributed by atoms with Crippen molar-refractivity contribution in [3.05, 3.63) is 30.1 Å². The van der Waals surface area contributed by atoms with Crippen molar-refractivity contribution in [2.75, 3.05) is 26.2 Å². The highest BCUT2D eigenvalue weighted by atomic mass is 16.2. The zero-order chi connectivity index (χ0) is 14.4. The Morgan fingerprint density at radius 2 is 1.95 bits per heavy atom. The molecular formula is C17H23N3O. The molecule has 0 spiro atoms. The third kappa shape index (κ3) is 2.57. The second-order valence-electron chi connectivity index (χ2n) is 7.10. The number of hydrogen-bond donors (Lipinski definition) is 0. The van der Waals surface area contributed by atoms with Crippen LogP contribution in [0.1, 0.15) is 19.0 Å². The van der Waals surface area contributed by atoms with Crippen molar-refractivity contribution in [2.24, 2.45) is 23.7 Å².